The summed E-state index contributed by atoms with van der Waals surface area (Å²) in [5.74, 6) is -6.01. The maximum Gasteiger partial charge on any atom is 1.00 e. The second-order valence-electron chi connectivity index (χ2n) is 38.9. The summed E-state index contributed by atoms with van der Waals surface area (Å²) < 4.78 is 97.3. The molecule has 7 fully saturated rings. The van der Waals surface area contributed by atoms with Gasteiger partial charge in [0.2, 0.25) is 28.5 Å². The van der Waals surface area contributed by atoms with Gasteiger partial charge >= 0.3 is 148 Å². The summed E-state index contributed by atoms with van der Waals surface area (Å²) in [6, 6.07) is 5.71. The van der Waals surface area contributed by atoms with E-state index in [2.05, 4.69) is 125 Å². The van der Waals surface area contributed by atoms with Crippen LogP contribution in [0.15, 0.2) is 107 Å². The van der Waals surface area contributed by atoms with E-state index in [0.29, 0.717) is 30.1 Å². The molecule has 0 saturated carbocycles. The molecule has 0 unspecified atom stereocenters. The first-order valence-electron chi connectivity index (χ1n) is 47.6. The third-order valence-electron chi connectivity index (χ3n) is 23.7. The number of fused-ring (bicyclic) bond motifs is 2. The van der Waals surface area contributed by atoms with Crippen molar-refractivity contribution in [3.05, 3.63) is 147 Å². The first-order chi connectivity index (χ1) is 66.0. The number of ether oxygens (including phenoxy) is 5. The summed E-state index contributed by atoms with van der Waals surface area (Å²) in [6.07, 6.45) is 23.5. The Morgan fingerprint density at radius 2 is 0.916 bits per heavy atom. The van der Waals surface area contributed by atoms with Crippen molar-refractivity contribution >= 4 is 153 Å². The van der Waals surface area contributed by atoms with Gasteiger partial charge in [-0.15, -0.1) is 0 Å². The van der Waals surface area contributed by atoms with Gasteiger partial charge in [0.25, 0.3) is 6.47 Å². The van der Waals surface area contributed by atoms with Gasteiger partial charge in [0.05, 0.1) is 95.9 Å². The number of carbonyl (C=O) groups excluding carboxylic acids is 6. The zero-order valence-electron chi connectivity index (χ0n) is 89.6. The SMILES string of the molecule is C1CCOC1.CC(C)(N)CN1CCCC1.CC1(C)OB(B2OC(C)(C)C(C)(C)O2)OC1(C)C.CCOC(=O)/C(=C\N(C)C)C(=O)c1cc(Br)cnc1F.CCOC(=O)C(C=NC(C)(C)CN1CCCC1)=C(O)c1cc(Br)cnc1F.CCOC(=O)c1cn(C(C)(C)CN2CCCC2)c2ncc(B(O)O)cc2c1=O.CCOC(=O)c1cn(C(C)(C)CN2CCCC2)c2ncc(Br)cc2c1=O.O=CO[O-].[2H]CF.[B].[H-].[K+].[K+]. The summed E-state index contributed by atoms with van der Waals surface area (Å²) in [7, 11) is -0.426. The van der Waals surface area contributed by atoms with Crippen molar-refractivity contribution in [2.45, 2.75) is 247 Å². The van der Waals surface area contributed by atoms with Gasteiger partial charge in [-0.2, -0.15) is 8.78 Å². The molecule has 6 aromatic heterocycles. The molecule has 0 amide bonds. The minimum Gasteiger partial charge on any atom is -1.00 e. The fraction of sp³-hybridized carbons (Fsp3) is 0.615. The number of aromatic nitrogens is 6. The van der Waals surface area contributed by atoms with Crippen molar-refractivity contribution < 1.29 is 215 Å². The van der Waals surface area contributed by atoms with E-state index in [1.165, 1.54) is 125 Å². The van der Waals surface area contributed by atoms with Crippen molar-refractivity contribution in [3.63, 3.8) is 0 Å². The molecule has 0 aromatic carbocycles. The molecule has 7 saturated heterocycles. The van der Waals surface area contributed by atoms with Crippen LogP contribution in [0.25, 0.3) is 27.8 Å². The zero-order valence-corrected chi connectivity index (χ0v) is 98.6. The number of halogens is 6. The number of nitrogens with zero attached hydrogens (tertiary/aromatic N) is 12. The number of likely N-dealkylation sites (tertiary alicyclic amines) is 4. The van der Waals surface area contributed by atoms with Gasteiger partial charge in [0.15, 0.2) is 0 Å². The maximum absolute atomic E-state index is 14.0. The number of hydrogen-bond acceptors (Lipinski definition) is 33. The maximum atomic E-state index is 14.0. The zero-order chi connectivity index (χ0) is 106. The summed E-state index contributed by atoms with van der Waals surface area (Å²) in [5, 5.41) is 38.5. The number of nitrogens with two attached hydrogens (primary N) is 1. The molecule has 6 aromatic rings. The topological polar surface area (TPSA) is 429 Å². The van der Waals surface area contributed by atoms with Crippen LogP contribution in [0.3, 0.4) is 0 Å². The monoisotopic (exact) mass is 2250 g/mol. The Labute approximate surface area is 955 Å². The molecule has 13 rings (SSSR count). The summed E-state index contributed by atoms with van der Waals surface area (Å²) in [4.78, 5) is 129. The van der Waals surface area contributed by atoms with Gasteiger partial charge in [-0.25, -0.2) is 39.1 Å². The van der Waals surface area contributed by atoms with E-state index in [1.807, 2.05) is 92.2 Å². The Balaban J connectivity index is 0.000000858. The summed E-state index contributed by atoms with van der Waals surface area (Å²) in [6.45, 7) is 53.7. The summed E-state index contributed by atoms with van der Waals surface area (Å²) in [5.41, 5.74) is 2.36. The number of aliphatic hydroxyl groups excluding tert-OH is 1. The second-order valence-corrected chi connectivity index (χ2v) is 41.6. The number of aliphatic imine (C=N–C) groups is 1. The fourth-order valence-corrected chi connectivity index (χ4v) is 16.7. The van der Waals surface area contributed by atoms with E-state index in [-0.39, 0.29) is 229 Å². The van der Waals surface area contributed by atoms with Crippen molar-refractivity contribution in [1.82, 2.24) is 53.6 Å². The van der Waals surface area contributed by atoms with Crippen LogP contribution < -0.4 is 130 Å². The van der Waals surface area contributed by atoms with Gasteiger partial charge in [0.1, 0.15) is 39.3 Å². The van der Waals surface area contributed by atoms with Crippen LogP contribution >= 0.6 is 47.8 Å². The molecule has 13 heterocycles. The molecule has 7 aliphatic heterocycles. The van der Waals surface area contributed by atoms with Crippen LogP contribution in [-0.2, 0) is 72.7 Å². The summed E-state index contributed by atoms with van der Waals surface area (Å²) >= 11 is 9.66. The predicted octanol–water partition coefficient (Wildman–Crippen LogP) is 5.81. The molecular weight excluding hydrogens is 2110 g/mol. The Morgan fingerprint density at radius 1 is 0.573 bits per heavy atom. The van der Waals surface area contributed by atoms with Gasteiger partial charge in [-0.05, 0) is 327 Å². The third kappa shape index (κ3) is 41.6. The molecule has 0 spiro atoms. The minimum atomic E-state index is -1.76. The average molecular weight is 2250 g/mol. The van der Waals surface area contributed by atoms with E-state index in [1.54, 1.807) is 60.3 Å². The van der Waals surface area contributed by atoms with Crippen molar-refractivity contribution in [2.75, 3.05) is 139 Å². The van der Waals surface area contributed by atoms with Crippen LogP contribution in [0.5, 0.6) is 0 Å². The molecule has 0 atom stereocenters. The van der Waals surface area contributed by atoms with Crippen LogP contribution in [0, 0.1) is 11.9 Å². The Morgan fingerprint density at radius 3 is 1.27 bits per heavy atom. The first-order valence-corrected chi connectivity index (χ1v) is 49.2. The molecule has 7 aliphatic rings. The number of rotatable bonds is 27. The molecule has 3 radical (unpaired) electrons. The number of pyridine rings is 6. The normalized spacial score (nSPS) is 17.2. The van der Waals surface area contributed by atoms with E-state index in [4.69, 9.17) is 59.5 Å². The minimum absolute atomic E-state index is 0. The number of alkyl halides is 1. The average Bonchev–Trinajstić information content (AvgIpc) is 1.73. The van der Waals surface area contributed by atoms with E-state index < -0.39 is 92.1 Å². The molecule has 5 N–H and O–H groups in total. The van der Waals surface area contributed by atoms with Crippen LogP contribution in [-0.4, -0.2) is 314 Å². The molecule has 781 valence electrons. The predicted molar refractivity (Wildman–Crippen MR) is 550 cm³/mol. The largest absolute Gasteiger partial charge is 1.00 e. The van der Waals surface area contributed by atoms with Gasteiger partial charge in [-0.3, -0.25) is 28.6 Å². The van der Waals surface area contributed by atoms with Crippen LogP contribution in [0.1, 0.15) is 242 Å². The molecule has 35 nitrogen and oxygen atoms in total. The number of Topliss-reactive ketones (excluding diaryl/α,β-unsaturated/α-hetero) is 1. The van der Waals surface area contributed by atoms with E-state index in [9.17, 15) is 61.9 Å². The molecular formula is C96H144B4Br3F3K2N13O22. The molecule has 0 bridgehead atoms. The van der Waals surface area contributed by atoms with Gasteiger partial charge in [-0.1, -0.05) is 0 Å². The Bertz CT molecular complexity index is 5270. The number of hydrogen-bond donors (Lipinski definition) is 4. The van der Waals surface area contributed by atoms with Crippen LogP contribution in [0.2, 0.25) is 0 Å². The van der Waals surface area contributed by atoms with Gasteiger partial charge < -0.3 is 108 Å². The van der Waals surface area contributed by atoms with Crippen molar-refractivity contribution in [3.8, 4) is 0 Å². The first kappa shape index (κ1) is 132. The van der Waals surface area contributed by atoms with E-state index >= 15 is 0 Å². The Kier molecular flexibility index (Phi) is 58.0. The van der Waals surface area contributed by atoms with Crippen molar-refractivity contribution in [1.29, 1.82) is 0 Å². The molecule has 143 heavy (non-hydrogen) atoms. The van der Waals surface area contributed by atoms with Crippen molar-refractivity contribution in [2.24, 2.45) is 10.7 Å². The standard InChI is InChI=1S/C19H26BN3O5.C19H25BrFN3O3.C19H24BrN3O3.C13H14BrFN2O3.C12H24B2O4.C8H18N2.C4H8O.CH3F.CH2O3.B.2K.H/c1-4-28-18(25)15-11-23(19(2,3)12-22-7-5-6-8-22)17-14(16(15)24)9-13(10-21-17)20(26)27;1-4-27-18(26)15(16(25)14-9-13(20)10-22-17(14)21)11-23-19(2,3)12-24-7-5-6-8-24;1-4-26-18(25)15-11-23(19(2,3)12-22-7-5-6-8-22)17-14(16(15)24)9-13(20)10-21-17;1-4-20-13(19)10(7-17(2)3)11(18)9-5-8(14)6-16-12(9)15;1-9(2)10(3,4)16-13(15-9)14-17-11(5,6)12(7,8)18-14;1-8(2,9)7-10-5-3-4-6-10;1-2-4-5-3-1;1-2;2-1-4-3;;;;/h9-11,26-27H,4-8,12H2,1-3H3;9-11,25H,4-8,12H2,1-3H3;9-11H,4-8,12H2,1-3H3;5-7H,4H2,1-3H3;1-8H3;3-7,9H2,1-2H3;1-4H2;1H3;1,3H;;;;/q;;;;;;;;;;2*+1;-1/p-1/b;;;10-7-;;;;;;;;;/i;;;;;;;1D;;;;;. The smallest absolute Gasteiger partial charge is 1.00 e. The number of esters is 4. The third-order valence-corrected chi connectivity index (χ3v) is 25.0. The quantitative estimate of drug-likeness (QED) is 0.00377. The van der Waals surface area contributed by atoms with E-state index in [0.717, 1.165) is 91.5 Å². The fourth-order valence-electron chi connectivity index (χ4n) is 15.7. The second kappa shape index (κ2) is 62.7. The Hall–Kier alpha value is -4.97. The molecule has 47 heteroatoms. The number of aliphatic hydroxyl groups is 1. The van der Waals surface area contributed by atoms with Crippen LogP contribution in [0.4, 0.5) is 13.2 Å². The van der Waals surface area contributed by atoms with Gasteiger partial charge in [0, 0.05) is 136 Å². The molecule has 0 aliphatic carbocycles. The number of ketones is 1. The number of carbonyl (C=O) groups is 6.